The van der Waals surface area contributed by atoms with Gasteiger partial charge >= 0.3 is 0 Å². The molecule has 5 atom stereocenters. The van der Waals surface area contributed by atoms with E-state index in [2.05, 4.69) is 5.32 Å². The van der Waals surface area contributed by atoms with Crippen molar-refractivity contribution in [2.45, 2.75) is 77.4 Å². The Morgan fingerprint density at radius 2 is 2.00 bits per heavy atom. The van der Waals surface area contributed by atoms with Crippen LogP contribution in [0, 0.1) is 5.92 Å². The highest BCUT2D eigenvalue weighted by molar-refractivity contribution is 5.73. The Labute approximate surface area is 133 Å². The highest BCUT2D eigenvalue weighted by Crippen LogP contribution is 2.28. The van der Waals surface area contributed by atoms with E-state index in [1.807, 2.05) is 13.8 Å². The first-order valence-electron chi connectivity index (χ1n) is 8.38. The molecule has 1 fully saturated rings. The van der Waals surface area contributed by atoms with Crippen LogP contribution in [0.5, 0.6) is 0 Å². The van der Waals surface area contributed by atoms with E-state index in [1.165, 1.54) is 6.92 Å². The van der Waals surface area contributed by atoms with Gasteiger partial charge < -0.3 is 25.0 Å². The number of hydrogen-bond acceptors (Lipinski definition) is 4. The van der Waals surface area contributed by atoms with Gasteiger partial charge in [0.25, 0.3) is 0 Å². The molecule has 0 aromatic rings. The minimum absolute atomic E-state index is 0.0428. The summed E-state index contributed by atoms with van der Waals surface area (Å²) in [6.45, 7) is 6.40. The van der Waals surface area contributed by atoms with Crippen LogP contribution in [0.4, 0.5) is 0 Å². The summed E-state index contributed by atoms with van der Waals surface area (Å²) in [5.74, 6) is -0.238. The predicted octanol–water partition coefficient (Wildman–Crippen LogP) is 0.925. The van der Waals surface area contributed by atoms with Gasteiger partial charge in [0.15, 0.2) is 6.29 Å². The molecule has 0 bridgehead atoms. The van der Waals surface area contributed by atoms with E-state index in [-0.39, 0.29) is 17.9 Å². The molecular weight excluding hydrogens is 286 g/mol. The van der Waals surface area contributed by atoms with Crippen molar-refractivity contribution in [1.29, 1.82) is 0 Å². The van der Waals surface area contributed by atoms with Crippen molar-refractivity contribution < 1.29 is 24.5 Å². The fourth-order valence-electron chi connectivity index (χ4n) is 2.87. The number of ether oxygens (including phenoxy) is 2. The van der Waals surface area contributed by atoms with Gasteiger partial charge in [-0.3, -0.25) is 4.79 Å². The molecule has 6 heteroatoms. The highest BCUT2D eigenvalue weighted by Gasteiger charge is 2.43. The number of aliphatic hydroxyl groups excluding tert-OH is 1. The molecule has 3 unspecified atom stereocenters. The van der Waals surface area contributed by atoms with Crippen molar-refractivity contribution in [3.63, 3.8) is 0 Å². The number of aliphatic hydroxyl groups is 1. The van der Waals surface area contributed by atoms with Crippen LogP contribution in [-0.4, -0.2) is 53.9 Å². The van der Waals surface area contributed by atoms with E-state index in [4.69, 9.17) is 14.6 Å². The van der Waals surface area contributed by atoms with E-state index in [9.17, 15) is 9.90 Å². The molecule has 0 spiro atoms. The lowest BCUT2D eigenvalue weighted by atomic mass is 9.88. The smallest absolute Gasteiger partial charge is 0.217 e. The van der Waals surface area contributed by atoms with Crippen LogP contribution in [0.3, 0.4) is 0 Å². The molecule has 22 heavy (non-hydrogen) atoms. The number of nitrogens with one attached hydrogen (secondary N) is 1. The van der Waals surface area contributed by atoms with E-state index in [0.717, 1.165) is 32.1 Å². The van der Waals surface area contributed by atoms with Crippen molar-refractivity contribution in [2.24, 2.45) is 5.92 Å². The maximum absolute atomic E-state index is 11.4. The number of hydrogen-bond donors (Lipinski definition) is 2. The van der Waals surface area contributed by atoms with E-state index in [1.54, 1.807) is 0 Å². The van der Waals surface area contributed by atoms with Crippen LogP contribution >= 0.6 is 0 Å². The maximum atomic E-state index is 11.4. The Bertz CT molecular complexity index is 326. The van der Waals surface area contributed by atoms with Crippen LogP contribution in [0.1, 0.15) is 52.9 Å². The number of amides is 1. The fraction of sp³-hybridized carbons (Fsp3) is 0.938. The first-order chi connectivity index (χ1) is 10.5. The summed E-state index contributed by atoms with van der Waals surface area (Å²) < 4.78 is 11.7. The van der Waals surface area contributed by atoms with Gasteiger partial charge in [-0.05, 0) is 19.3 Å². The zero-order chi connectivity index (χ0) is 16.5. The second-order valence-corrected chi connectivity index (χ2v) is 6.06. The Kier molecular flexibility index (Phi) is 8.93. The van der Waals surface area contributed by atoms with Crippen LogP contribution in [0.25, 0.3) is 0 Å². The Morgan fingerprint density at radius 3 is 2.59 bits per heavy atom. The second kappa shape index (κ2) is 10.2. The van der Waals surface area contributed by atoms with Crippen LogP contribution in [0.2, 0.25) is 0 Å². The minimum atomic E-state index is -0.670. The lowest BCUT2D eigenvalue weighted by Gasteiger charge is -2.43. The summed E-state index contributed by atoms with van der Waals surface area (Å²) >= 11 is 0. The van der Waals surface area contributed by atoms with Gasteiger partial charge in [0.05, 0.1) is 12.2 Å². The molecule has 1 heterocycles. The first-order valence-corrected chi connectivity index (χ1v) is 8.38. The lowest BCUT2D eigenvalue weighted by Crippen LogP contribution is -2.61. The number of carbonyl (C=O) groups is 1. The molecule has 0 radical (unpaired) electrons. The minimum Gasteiger partial charge on any atom is -0.445 e. The fourth-order valence-corrected chi connectivity index (χ4v) is 2.87. The molecule has 0 aliphatic carbocycles. The molecule has 0 saturated carbocycles. The largest absolute Gasteiger partial charge is 0.445 e. The summed E-state index contributed by atoms with van der Waals surface area (Å²) in [5.41, 5.74) is 0. The highest BCUT2D eigenvalue weighted by atomic mass is 16.7. The van der Waals surface area contributed by atoms with Gasteiger partial charge in [-0.2, -0.15) is 0 Å². The SMILES string of the molecule is CCC1O[C@@H](OCCCCCC[OH2+])C(NC(C)=O)C(O)[C@H]1C. The molecule has 4 N–H and O–H groups in total. The summed E-state index contributed by atoms with van der Waals surface area (Å²) in [6.07, 6.45) is 3.34. The monoisotopic (exact) mass is 318 g/mol. The van der Waals surface area contributed by atoms with E-state index < -0.39 is 18.4 Å². The average molecular weight is 318 g/mol. The number of rotatable bonds is 9. The Hall–Kier alpha value is -0.690. The van der Waals surface area contributed by atoms with Gasteiger partial charge in [0.2, 0.25) is 5.91 Å². The van der Waals surface area contributed by atoms with Gasteiger partial charge in [-0.25, -0.2) is 0 Å². The molecule has 1 saturated heterocycles. The topological polar surface area (TPSA) is 90.7 Å². The van der Waals surface area contributed by atoms with Gasteiger partial charge in [0.1, 0.15) is 12.6 Å². The molecular formula is C16H32NO5+. The van der Waals surface area contributed by atoms with Crippen LogP contribution < -0.4 is 5.32 Å². The summed E-state index contributed by atoms with van der Waals surface area (Å²) in [6, 6.07) is -0.524. The lowest BCUT2D eigenvalue weighted by molar-refractivity contribution is -0.249. The van der Waals surface area contributed by atoms with E-state index in [0.29, 0.717) is 13.2 Å². The van der Waals surface area contributed by atoms with Gasteiger partial charge in [-0.1, -0.05) is 20.3 Å². The number of unbranched alkanes of at least 4 members (excludes halogenated alkanes) is 3. The van der Waals surface area contributed by atoms with Crippen molar-refractivity contribution in [3.8, 4) is 0 Å². The molecule has 1 aliphatic heterocycles. The van der Waals surface area contributed by atoms with Crippen molar-refractivity contribution >= 4 is 5.91 Å². The molecule has 130 valence electrons. The van der Waals surface area contributed by atoms with Crippen molar-refractivity contribution in [3.05, 3.63) is 0 Å². The molecule has 6 nitrogen and oxygen atoms in total. The molecule has 1 rings (SSSR count). The molecule has 0 aromatic carbocycles. The van der Waals surface area contributed by atoms with Crippen LogP contribution in [0.15, 0.2) is 0 Å². The zero-order valence-corrected chi connectivity index (χ0v) is 14.0. The third-order valence-electron chi connectivity index (χ3n) is 4.22. The maximum Gasteiger partial charge on any atom is 0.217 e. The average Bonchev–Trinajstić information content (AvgIpc) is 2.49. The Balaban J connectivity index is 2.52. The quantitative estimate of drug-likeness (QED) is 0.489. The second-order valence-electron chi connectivity index (χ2n) is 6.06. The predicted molar refractivity (Wildman–Crippen MR) is 84.6 cm³/mol. The molecule has 0 aromatic heterocycles. The molecule has 1 amide bonds. The normalized spacial score (nSPS) is 32.0. The summed E-state index contributed by atoms with van der Waals surface area (Å²) in [4.78, 5) is 11.4. The number of carbonyl (C=O) groups excluding carboxylic acids is 1. The third kappa shape index (κ3) is 5.83. The van der Waals surface area contributed by atoms with Crippen LogP contribution in [-0.2, 0) is 14.3 Å². The first kappa shape index (κ1) is 19.4. The molecule has 1 aliphatic rings. The standard InChI is InChI=1S/C16H31NO5/c1-4-13-11(2)15(20)14(17-12(3)19)16(22-13)21-10-8-6-5-7-9-18/h11,13-16,18,20H,4-10H2,1-3H3,(H,17,19)/p+1/t11-,13?,14?,15?,16+/m0/s1. The zero-order valence-electron chi connectivity index (χ0n) is 14.0. The summed E-state index contributed by atoms with van der Waals surface area (Å²) in [7, 11) is 0. The van der Waals surface area contributed by atoms with E-state index >= 15 is 0 Å². The van der Waals surface area contributed by atoms with Gasteiger partial charge in [-0.15, -0.1) is 0 Å². The van der Waals surface area contributed by atoms with Gasteiger partial charge in [0, 0.05) is 25.9 Å². The van der Waals surface area contributed by atoms with Crippen molar-refractivity contribution in [1.82, 2.24) is 5.32 Å². The third-order valence-corrected chi connectivity index (χ3v) is 4.22. The Morgan fingerprint density at radius 1 is 1.32 bits per heavy atom. The summed E-state index contributed by atoms with van der Waals surface area (Å²) in [5, 5.41) is 20.3. The van der Waals surface area contributed by atoms with Crippen molar-refractivity contribution in [2.75, 3.05) is 13.2 Å².